The number of fused-ring (bicyclic) bond motifs is 3. The lowest BCUT2D eigenvalue weighted by Crippen LogP contribution is -2.09. The number of anilines is 1. The van der Waals surface area contributed by atoms with Crippen molar-refractivity contribution >= 4 is 44.1 Å². The Morgan fingerprint density at radius 2 is 2.00 bits per heavy atom. The molecule has 1 aliphatic carbocycles. The molecule has 1 N–H and O–H groups in total. The Balaban J connectivity index is 1.66. The smallest absolute Gasteiger partial charge is 0.248 e. The number of ether oxygens (including phenoxy) is 1. The van der Waals surface area contributed by atoms with Gasteiger partial charge in [-0.25, -0.2) is 0 Å². The van der Waals surface area contributed by atoms with Gasteiger partial charge in [0.2, 0.25) is 5.91 Å². The molecule has 0 atom stereocenters. The van der Waals surface area contributed by atoms with Crippen LogP contribution in [0.5, 0.6) is 5.75 Å². The summed E-state index contributed by atoms with van der Waals surface area (Å²) < 4.78 is 12.7. The van der Waals surface area contributed by atoms with Gasteiger partial charge in [-0.05, 0) is 68.5 Å². The number of halogens is 1. The Morgan fingerprint density at radius 3 is 2.76 bits per heavy atom. The number of aryl methyl sites for hydroxylation is 3. The molecule has 5 heteroatoms. The van der Waals surface area contributed by atoms with Crippen LogP contribution in [0.2, 0.25) is 0 Å². The van der Waals surface area contributed by atoms with Crippen molar-refractivity contribution in [3.05, 3.63) is 63.3 Å². The highest BCUT2D eigenvalue weighted by atomic mass is 79.9. The molecule has 1 aromatic heterocycles. The van der Waals surface area contributed by atoms with Crippen LogP contribution in [0.25, 0.3) is 16.5 Å². The van der Waals surface area contributed by atoms with Crippen molar-refractivity contribution < 1.29 is 13.9 Å². The summed E-state index contributed by atoms with van der Waals surface area (Å²) in [5, 5.41) is 4.07. The fourth-order valence-electron chi connectivity index (χ4n) is 3.94. The molecule has 0 bridgehead atoms. The molecule has 1 aliphatic rings. The van der Waals surface area contributed by atoms with Gasteiger partial charge in [0, 0.05) is 45.2 Å². The van der Waals surface area contributed by atoms with Crippen LogP contribution < -0.4 is 10.1 Å². The van der Waals surface area contributed by atoms with Crippen LogP contribution in [0.4, 0.5) is 5.69 Å². The van der Waals surface area contributed by atoms with Gasteiger partial charge in [0.15, 0.2) is 0 Å². The predicted octanol–water partition coefficient (Wildman–Crippen LogP) is 6.43. The third kappa shape index (κ3) is 3.97. The monoisotopic (exact) mass is 453 g/mol. The largest absolute Gasteiger partial charge is 0.496 e. The Kier molecular flexibility index (Phi) is 5.50. The van der Waals surface area contributed by atoms with Gasteiger partial charge in [-0.1, -0.05) is 15.9 Å². The molecule has 1 amide bonds. The maximum atomic E-state index is 12.6. The van der Waals surface area contributed by atoms with Gasteiger partial charge in [0.1, 0.15) is 17.1 Å². The minimum Gasteiger partial charge on any atom is -0.496 e. The van der Waals surface area contributed by atoms with Gasteiger partial charge in [0.05, 0.1) is 7.11 Å². The van der Waals surface area contributed by atoms with Crippen LogP contribution in [0, 0.1) is 6.92 Å². The van der Waals surface area contributed by atoms with Gasteiger partial charge in [-0.3, -0.25) is 4.79 Å². The number of carbonyl (C=O) groups is 1. The van der Waals surface area contributed by atoms with Crippen molar-refractivity contribution in [2.24, 2.45) is 0 Å². The van der Waals surface area contributed by atoms with Gasteiger partial charge in [-0.2, -0.15) is 0 Å². The molecule has 0 radical (unpaired) electrons. The number of hydrogen-bond acceptors (Lipinski definition) is 3. The molecule has 29 heavy (non-hydrogen) atoms. The number of amides is 1. The number of nitrogens with one attached hydrogen (secondary N) is 1. The number of methoxy groups -OCH3 is 1. The van der Waals surface area contributed by atoms with Crippen LogP contribution in [-0.2, 0) is 17.6 Å². The maximum absolute atomic E-state index is 12.6. The average Bonchev–Trinajstić information content (AvgIpc) is 3.07. The first-order valence-electron chi connectivity index (χ1n) is 9.84. The predicted molar refractivity (Wildman–Crippen MR) is 121 cm³/mol. The SMILES string of the molecule is COc1cc2oc3c(c2cc1/C(C)=C/C(=O)Nc1ccc(Br)c(C)c1)CCCC3. The van der Waals surface area contributed by atoms with E-state index in [0.29, 0.717) is 5.75 Å². The third-order valence-electron chi connectivity index (χ3n) is 5.48. The Labute approximate surface area is 179 Å². The molecule has 0 unspecified atom stereocenters. The molecule has 0 saturated carbocycles. The number of carbonyl (C=O) groups excluding carboxylic acids is 1. The number of allylic oxidation sites excluding steroid dienone is 1. The second-order valence-corrected chi connectivity index (χ2v) is 8.39. The van der Waals surface area contributed by atoms with Crippen molar-refractivity contribution in [3.8, 4) is 5.75 Å². The number of rotatable bonds is 4. The molecule has 0 aliphatic heterocycles. The van der Waals surface area contributed by atoms with Crippen LogP contribution >= 0.6 is 15.9 Å². The highest BCUT2D eigenvalue weighted by molar-refractivity contribution is 9.10. The fourth-order valence-corrected chi connectivity index (χ4v) is 4.19. The van der Waals surface area contributed by atoms with E-state index in [-0.39, 0.29) is 5.91 Å². The standard InChI is InChI=1S/C24H24BrNO3/c1-14(11-24(27)26-16-8-9-20(25)15(2)10-16)18-12-19-17-6-4-5-7-21(17)29-23(19)13-22(18)28-3/h8-13H,4-7H2,1-3H3,(H,26,27)/b14-11+. The molecular weight excluding hydrogens is 430 g/mol. The Bertz CT molecular complexity index is 1130. The first-order chi connectivity index (χ1) is 14.0. The molecule has 4 rings (SSSR count). The zero-order valence-corrected chi connectivity index (χ0v) is 18.5. The second-order valence-electron chi connectivity index (χ2n) is 7.54. The molecule has 4 nitrogen and oxygen atoms in total. The van der Waals surface area contributed by atoms with Gasteiger partial charge in [0.25, 0.3) is 0 Å². The summed E-state index contributed by atoms with van der Waals surface area (Å²) in [4.78, 5) is 12.6. The fraction of sp³-hybridized carbons (Fsp3) is 0.292. The van der Waals surface area contributed by atoms with E-state index in [1.807, 2.05) is 38.1 Å². The summed E-state index contributed by atoms with van der Waals surface area (Å²) in [6.45, 7) is 3.93. The number of benzene rings is 2. The third-order valence-corrected chi connectivity index (χ3v) is 6.36. The minimum absolute atomic E-state index is 0.166. The lowest BCUT2D eigenvalue weighted by Gasteiger charge is -2.11. The molecule has 0 saturated heterocycles. The van der Waals surface area contributed by atoms with E-state index in [0.717, 1.165) is 56.4 Å². The first-order valence-corrected chi connectivity index (χ1v) is 10.6. The zero-order valence-electron chi connectivity index (χ0n) is 16.9. The summed E-state index contributed by atoms with van der Waals surface area (Å²) in [6.07, 6.45) is 6.01. The van der Waals surface area contributed by atoms with E-state index in [4.69, 9.17) is 9.15 Å². The molecule has 1 heterocycles. The highest BCUT2D eigenvalue weighted by Gasteiger charge is 2.20. The van der Waals surface area contributed by atoms with Crippen LogP contribution in [0.3, 0.4) is 0 Å². The molecule has 0 fully saturated rings. The lowest BCUT2D eigenvalue weighted by molar-refractivity contribution is -0.111. The van der Waals surface area contributed by atoms with E-state index < -0.39 is 0 Å². The summed E-state index contributed by atoms with van der Waals surface area (Å²) in [6, 6.07) is 9.79. The van der Waals surface area contributed by atoms with Gasteiger partial charge >= 0.3 is 0 Å². The van der Waals surface area contributed by atoms with E-state index in [1.54, 1.807) is 13.2 Å². The maximum Gasteiger partial charge on any atom is 0.248 e. The van der Waals surface area contributed by atoms with E-state index in [9.17, 15) is 4.79 Å². The summed E-state index contributed by atoms with van der Waals surface area (Å²) in [5.41, 5.74) is 5.77. The molecule has 0 spiro atoms. The molecular formula is C24H24BrNO3. The molecule has 2 aromatic carbocycles. The second kappa shape index (κ2) is 8.07. The molecule has 150 valence electrons. The first kappa shape index (κ1) is 19.8. The lowest BCUT2D eigenvalue weighted by atomic mass is 9.94. The Morgan fingerprint density at radius 1 is 1.21 bits per heavy atom. The molecule has 3 aromatic rings. The van der Waals surface area contributed by atoms with Gasteiger partial charge < -0.3 is 14.5 Å². The quantitative estimate of drug-likeness (QED) is 0.462. The summed E-state index contributed by atoms with van der Waals surface area (Å²) in [7, 11) is 1.64. The van der Waals surface area contributed by atoms with Crippen molar-refractivity contribution in [2.75, 3.05) is 12.4 Å². The van der Waals surface area contributed by atoms with E-state index in [2.05, 4.69) is 27.3 Å². The van der Waals surface area contributed by atoms with Crippen molar-refractivity contribution in [1.29, 1.82) is 0 Å². The van der Waals surface area contributed by atoms with Gasteiger partial charge in [-0.15, -0.1) is 0 Å². The zero-order chi connectivity index (χ0) is 20.5. The van der Waals surface area contributed by atoms with Crippen LogP contribution in [0.15, 0.2) is 45.3 Å². The average molecular weight is 454 g/mol. The van der Waals surface area contributed by atoms with Crippen molar-refractivity contribution in [2.45, 2.75) is 39.5 Å². The Hall–Kier alpha value is -2.53. The summed E-state index contributed by atoms with van der Waals surface area (Å²) in [5.74, 6) is 1.64. The van der Waals surface area contributed by atoms with Crippen LogP contribution in [0.1, 0.15) is 42.2 Å². The summed E-state index contributed by atoms with van der Waals surface area (Å²) >= 11 is 3.48. The van der Waals surface area contributed by atoms with Crippen LogP contribution in [-0.4, -0.2) is 13.0 Å². The minimum atomic E-state index is -0.166. The topological polar surface area (TPSA) is 51.5 Å². The normalized spacial score (nSPS) is 14.0. The van der Waals surface area contributed by atoms with E-state index >= 15 is 0 Å². The van der Waals surface area contributed by atoms with Crippen molar-refractivity contribution in [1.82, 2.24) is 0 Å². The number of furan rings is 1. The van der Waals surface area contributed by atoms with Crippen molar-refractivity contribution in [3.63, 3.8) is 0 Å². The van der Waals surface area contributed by atoms with E-state index in [1.165, 1.54) is 18.4 Å². The number of hydrogen-bond donors (Lipinski definition) is 1. The highest BCUT2D eigenvalue weighted by Crippen LogP contribution is 2.37.